The number of methoxy groups -OCH3 is 1. The van der Waals surface area contributed by atoms with Gasteiger partial charge in [-0.05, 0) is 18.6 Å². The molecule has 0 bridgehead atoms. The standard InChI is InChI=1S/C17H24N2O7/c1-3-4-8-25-17(20)18-13-11-24-9-12(13)10-26-15-7-5-6-14(23-2)16(15)19(21)22/h5-7,12-13H,3-4,8-11H2,1-2H3,(H,18,20). The Bertz CT molecular complexity index is 623. The number of amides is 1. The molecule has 1 amide bonds. The molecule has 1 aromatic carbocycles. The van der Waals surface area contributed by atoms with Crippen molar-refractivity contribution < 1.29 is 28.7 Å². The number of unbranched alkanes of at least 4 members (excludes halogenated alkanes) is 1. The van der Waals surface area contributed by atoms with Crippen LogP contribution in [0.4, 0.5) is 10.5 Å². The lowest BCUT2D eigenvalue weighted by Crippen LogP contribution is -2.42. The van der Waals surface area contributed by atoms with Gasteiger partial charge in [0.25, 0.3) is 0 Å². The third kappa shape index (κ3) is 5.22. The molecule has 0 saturated carbocycles. The van der Waals surface area contributed by atoms with E-state index >= 15 is 0 Å². The van der Waals surface area contributed by atoms with E-state index in [9.17, 15) is 14.9 Å². The number of nitrogens with one attached hydrogen (secondary N) is 1. The first-order valence-electron chi connectivity index (χ1n) is 8.52. The van der Waals surface area contributed by atoms with Crippen LogP contribution in [-0.4, -0.2) is 50.6 Å². The Morgan fingerprint density at radius 3 is 2.85 bits per heavy atom. The van der Waals surface area contributed by atoms with Crippen molar-refractivity contribution >= 4 is 11.8 Å². The second kappa shape index (κ2) is 9.81. The number of nitro benzene ring substituents is 1. The number of rotatable bonds is 9. The Morgan fingerprint density at radius 2 is 2.15 bits per heavy atom. The Labute approximate surface area is 151 Å². The van der Waals surface area contributed by atoms with Gasteiger partial charge in [-0.3, -0.25) is 10.1 Å². The minimum atomic E-state index is -0.542. The third-order valence-corrected chi connectivity index (χ3v) is 4.05. The zero-order chi connectivity index (χ0) is 18.9. The van der Waals surface area contributed by atoms with Crippen LogP contribution < -0.4 is 14.8 Å². The molecule has 0 aromatic heterocycles. The molecule has 1 aromatic rings. The van der Waals surface area contributed by atoms with Crippen molar-refractivity contribution in [3.63, 3.8) is 0 Å². The van der Waals surface area contributed by atoms with E-state index in [1.807, 2.05) is 6.92 Å². The van der Waals surface area contributed by atoms with E-state index in [0.29, 0.717) is 19.8 Å². The van der Waals surface area contributed by atoms with E-state index in [-0.39, 0.29) is 35.8 Å². The summed E-state index contributed by atoms with van der Waals surface area (Å²) < 4.78 is 21.1. The van der Waals surface area contributed by atoms with Crippen molar-refractivity contribution in [3.8, 4) is 11.5 Å². The van der Waals surface area contributed by atoms with E-state index in [4.69, 9.17) is 18.9 Å². The number of hydrogen-bond donors (Lipinski definition) is 1. The van der Waals surface area contributed by atoms with Crippen molar-refractivity contribution in [2.75, 3.05) is 33.5 Å². The molecule has 1 heterocycles. The minimum Gasteiger partial charge on any atom is -0.490 e. The molecule has 26 heavy (non-hydrogen) atoms. The number of benzene rings is 1. The zero-order valence-corrected chi connectivity index (χ0v) is 14.9. The van der Waals surface area contributed by atoms with Gasteiger partial charge in [-0.25, -0.2) is 4.79 Å². The molecular formula is C17H24N2O7. The minimum absolute atomic E-state index is 0.116. The topological polar surface area (TPSA) is 109 Å². The van der Waals surface area contributed by atoms with Crippen molar-refractivity contribution in [2.45, 2.75) is 25.8 Å². The summed E-state index contributed by atoms with van der Waals surface area (Å²) in [4.78, 5) is 22.5. The summed E-state index contributed by atoms with van der Waals surface area (Å²) in [6.45, 7) is 3.27. The van der Waals surface area contributed by atoms with Crippen LogP contribution in [0.1, 0.15) is 19.8 Å². The molecule has 1 N–H and O–H groups in total. The lowest BCUT2D eigenvalue weighted by atomic mass is 10.1. The highest BCUT2D eigenvalue weighted by Gasteiger charge is 2.32. The van der Waals surface area contributed by atoms with Gasteiger partial charge in [-0.1, -0.05) is 19.4 Å². The fraction of sp³-hybridized carbons (Fsp3) is 0.588. The first-order chi connectivity index (χ1) is 12.6. The van der Waals surface area contributed by atoms with Gasteiger partial charge in [-0.15, -0.1) is 0 Å². The Hall–Kier alpha value is -2.55. The average molecular weight is 368 g/mol. The largest absolute Gasteiger partial charge is 0.490 e. The fourth-order valence-electron chi connectivity index (χ4n) is 2.58. The van der Waals surface area contributed by atoms with E-state index in [1.165, 1.54) is 19.2 Å². The summed E-state index contributed by atoms with van der Waals surface area (Å²) in [6, 6.07) is 4.36. The lowest BCUT2D eigenvalue weighted by Gasteiger charge is -2.19. The summed E-state index contributed by atoms with van der Waals surface area (Å²) >= 11 is 0. The third-order valence-electron chi connectivity index (χ3n) is 4.05. The highest BCUT2D eigenvalue weighted by Crippen LogP contribution is 2.36. The summed E-state index contributed by atoms with van der Waals surface area (Å²) in [6.07, 6.45) is 1.25. The Morgan fingerprint density at radius 1 is 1.38 bits per heavy atom. The molecule has 9 nitrogen and oxygen atoms in total. The molecule has 2 unspecified atom stereocenters. The van der Waals surface area contributed by atoms with Gasteiger partial charge in [0.05, 0.1) is 44.5 Å². The maximum absolute atomic E-state index is 11.8. The number of nitro groups is 1. The molecule has 144 valence electrons. The first kappa shape index (κ1) is 19.8. The molecule has 1 fully saturated rings. The van der Waals surface area contributed by atoms with Gasteiger partial charge in [-0.2, -0.15) is 0 Å². The number of hydrogen-bond acceptors (Lipinski definition) is 7. The van der Waals surface area contributed by atoms with Gasteiger partial charge in [0.2, 0.25) is 11.5 Å². The van der Waals surface area contributed by atoms with Crippen molar-refractivity contribution in [2.24, 2.45) is 5.92 Å². The molecule has 0 radical (unpaired) electrons. The molecule has 1 saturated heterocycles. The van der Waals surface area contributed by atoms with Crippen LogP contribution in [0.25, 0.3) is 0 Å². The van der Waals surface area contributed by atoms with E-state index in [0.717, 1.165) is 12.8 Å². The SMILES string of the molecule is CCCCOC(=O)NC1COCC1COc1cccc(OC)c1[N+](=O)[O-]. The smallest absolute Gasteiger partial charge is 0.407 e. The number of para-hydroxylation sites is 1. The molecular weight excluding hydrogens is 344 g/mol. The monoisotopic (exact) mass is 368 g/mol. The first-order valence-corrected chi connectivity index (χ1v) is 8.52. The van der Waals surface area contributed by atoms with E-state index in [1.54, 1.807) is 6.07 Å². The number of nitrogens with zero attached hydrogens (tertiary/aromatic N) is 1. The summed E-state index contributed by atoms with van der Waals surface area (Å²) in [5.74, 6) is 0.106. The molecule has 0 spiro atoms. The highest BCUT2D eigenvalue weighted by molar-refractivity contribution is 5.67. The second-order valence-corrected chi connectivity index (χ2v) is 5.91. The van der Waals surface area contributed by atoms with Crippen LogP contribution in [0.3, 0.4) is 0 Å². The van der Waals surface area contributed by atoms with Crippen LogP contribution >= 0.6 is 0 Å². The van der Waals surface area contributed by atoms with Crippen LogP contribution in [0.15, 0.2) is 18.2 Å². The van der Waals surface area contributed by atoms with Gasteiger partial charge >= 0.3 is 11.8 Å². The maximum Gasteiger partial charge on any atom is 0.407 e. The Balaban J connectivity index is 1.94. The van der Waals surface area contributed by atoms with Crippen LogP contribution in [0.2, 0.25) is 0 Å². The lowest BCUT2D eigenvalue weighted by molar-refractivity contribution is -0.386. The molecule has 1 aliphatic heterocycles. The normalized spacial score (nSPS) is 19.0. The highest BCUT2D eigenvalue weighted by atomic mass is 16.6. The van der Waals surface area contributed by atoms with Crippen LogP contribution in [0, 0.1) is 16.0 Å². The van der Waals surface area contributed by atoms with Gasteiger partial charge in [0, 0.05) is 5.92 Å². The summed E-state index contributed by atoms with van der Waals surface area (Å²) in [7, 11) is 1.36. The van der Waals surface area contributed by atoms with Crippen LogP contribution in [-0.2, 0) is 9.47 Å². The number of carbonyl (C=O) groups excluding carboxylic acids is 1. The van der Waals surface area contributed by atoms with Crippen molar-refractivity contribution in [1.29, 1.82) is 0 Å². The maximum atomic E-state index is 11.8. The number of ether oxygens (including phenoxy) is 4. The van der Waals surface area contributed by atoms with Gasteiger partial charge < -0.3 is 24.3 Å². The quantitative estimate of drug-likeness (QED) is 0.405. The average Bonchev–Trinajstić information content (AvgIpc) is 3.06. The van der Waals surface area contributed by atoms with E-state index in [2.05, 4.69) is 5.32 Å². The molecule has 0 aliphatic carbocycles. The fourth-order valence-corrected chi connectivity index (χ4v) is 2.58. The van der Waals surface area contributed by atoms with Crippen LogP contribution in [0.5, 0.6) is 11.5 Å². The number of alkyl carbamates (subject to hydrolysis) is 1. The molecule has 9 heteroatoms. The molecule has 1 aliphatic rings. The van der Waals surface area contributed by atoms with E-state index < -0.39 is 11.0 Å². The Kier molecular flexibility index (Phi) is 7.46. The predicted molar refractivity (Wildman–Crippen MR) is 92.6 cm³/mol. The van der Waals surface area contributed by atoms with Gasteiger partial charge in [0.15, 0.2) is 0 Å². The van der Waals surface area contributed by atoms with Crippen molar-refractivity contribution in [1.82, 2.24) is 5.32 Å². The van der Waals surface area contributed by atoms with Gasteiger partial charge in [0.1, 0.15) is 0 Å². The summed E-state index contributed by atoms with van der Waals surface area (Å²) in [5.41, 5.74) is -0.225. The molecule has 2 atom stereocenters. The predicted octanol–water partition coefficient (Wildman–Crippen LogP) is 2.52. The molecule has 2 rings (SSSR count). The second-order valence-electron chi connectivity index (χ2n) is 5.91. The number of carbonyl (C=O) groups is 1. The summed E-state index contributed by atoms with van der Waals surface area (Å²) in [5, 5.41) is 14.0. The zero-order valence-electron chi connectivity index (χ0n) is 14.9. The van der Waals surface area contributed by atoms with Crippen molar-refractivity contribution in [3.05, 3.63) is 28.3 Å².